The third-order valence-corrected chi connectivity index (χ3v) is 3.20. The summed E-state index contributed by atoms with van der Waals surface area (Å²) in [6.07, 6.45) is 2.73. The van der Waals surface area contributed by atoms with Gasteiger partial charge in [-0.25, -0.2) is 0 Å². The summed E-state index contributed by atoms with van der Waals surface area (Å²) in [5.74, 6) is 0.605. The van der Waals surface area contributed by atoms with Crippen LogP contribution >= 0.6 is 15.9 Å². The topological polar surface area (TPSA) is 12.0 Å². The molecule has 1 nitrogen and oxygen atoms in total. The molecule has 1 atom stereocenters. The van der Waals surface area contributed by atoms with Crippen LogP contribution in [0.25, 0.3) is 0 Å². The minimum Gasteiger partial charge on any atom is -0.313 e. The van der Waals surface area contributed by atoms with E-state index < -0.39 is 0 Å². The second-order valence-electron chi connectivity index (χ2n) is 4.14. The van der Waals surface area contributed by atoms with Crippen molar-refractivity contribution in [2.24, 2.45) is 0 Å². The molecule has 0 bridgehead atoms. The van der Waals surface area contributed by atoms with Crippen molar-refractivity contribution in [3.63, 3.8) is 0 Å². The first-order chi connectivity index (χ1) is 6.75. The maximum Gasteiger partial charge on any atom is 0.0178 e. The zero-order valence-electron chi connectivity index (χ0n) is 8.46. The molecule has 2 heteroatoms. The molecule has 76 valence electrons. The van der Waals surface area contributed by atoms with Crippen molar-refractivity contribution < 1.29 is 0 Å². The molecule has 1 aromatic rings. The van der Waals surface area contributed by atoms with Gasteiger partial charge >= 0.3 is 0 Å². The molecule has 1 aliphatic carbocycles. The first-order valence-corrected chi connectivity index (χ1v) is 6.04. The van der Waals surface area contributed by atoms with Gasteiger partial charge in [0.2, 0.25) is 0 Å². The van der Waals surface area contributed by atoms with E-state index in [1.54, 1.807) is 0 Å². The molecule has 14 heavy (non-hydrogen) atoms. The van der Waals surface area contributed by atoms with Gasteiger partial charge in [-0.1, -0.05) is 35.0 Å². The van der Waals surface area contributed by atoms with Crippen LogP contribution in [0, 0.1) is 0 Å². The molecule has 1 N–H and O–H groups in total. The standard InChI is InChI=1S/C12H16BrN/c1-9(8-14-12-5-6-12)10-3-2-4-11(13)7-10/h2-4,7,9,12,14H,5-6,8H2,1H3. The monoisotopic (exact) mass is 253 g/mol. The predicted molar refractivity (Wildman–Crippen MR) is 63.6 cm³/mol. The van der Waals surface area contributed by atoms with Gasteiger partial charge in [0.1, 0.15) is 0 Å². The summed E-state index contributed by atoms with van der Waals surface area (Å²) in [6, 6.07) is 9.39. The van der Waals surface area contributed by atoms with Gasteiger partial charge < -0.3 is 5.32 Å². The van der Waals surface area contributed by atoms with Crippen LogP contribution in [-0.2, 0) is 0 Å². The second-order valence-corrected chi connectivity index (χ2v) is 5.05. The summed E-state index contributed by atoms with van der Waals surface area (Å²) >= 11 is 3.50. The fraction of sp³-hybridized carbons (Fsp3) is 0.500. The lowest BCUT2D eigenvalue weighted by molar-refractivity contribution is 0.612. The van der Waals surface area contributed by atoms with Crippen LogP contribution in [0.1, 0.15) is 31.2 Å². The van der Waals surface area contributed by atoms with Gasteiger partial charge in [-0.15, -0.1) is 0 Å². The molecule has 0 spiro atoms. The minimum absolute atomic E-state index is 0.605. The Labute approximate surface area is 94.0 Å². The van der Waals surface area contributed by atoms with Crippen LogP contribution in [0.3, 0.4) is 0 Å². The van der Waals surface area contributed by atoms with E-state index in [1.807, 2.05) is 0 Å². The molecule has 1 aromatic carbocycles. The quantitative estimate of drug-likeness (QED) is 0.869. The number of hydrogen-bond acceptors (Lipinski definition) is 1. The first kappa shape index (κ1) is 10.2. The Hall–Kier alpha value is -0.340. The number of nitrogens with one attached hydrogen (secondary N) is 1. The highest BCUT2D eigenvalue weighted by Crippen LogP contribution is 2.22. The lowest BCUT2D eigenvalue weighted by Crippen LogP contribution is -2.21. The number of hydrogen-bond donors (Lipinski definition) is 1. The molecule has 0 radical (unpaired) electrons. The van der Waals surface area contributed by atoms with Crippen molar-refractivity contribution in [2.75, 3.05) is 6.54 Å². The normalized spacial score (nSPS) is 18.1. The van der Waals surface area contributed by atoms with E-state index in [0.717, 1.165) is 12.6 Å². The molecular weight excluding hydrogens is 238 g/mol. The maximum absolute atomic E-state index is 3.56. The molecule has 0 saturated heterocycles. The van der Waals surface area contributed by atoms with Crippen molar-refractivity contribution in [2.45, 2.75) is 31.7 Å². The zero-order valence-corrected chi connectivity index (χ0v) is 10.0. The van der Waals surface area contributed by atoms with E-state index in [2.05, 4.69) is 52.4 Å². The fourth-order valence-electron chi connectivity index (χ4n) is 1.56. The summed E-state index contributed by atoms with van der Waals surface area (Å²) < 4.78 is 1.17. The molecule has 1 unspecified atom stereocenters. The SMILES string of the molecule is CC(CNC1CC1)c1cccc(Br)c1. The average molecular weight is 254 g/mol. The zero-order chi connectivity index (χ0) is 9.97. The average Bonchev–Trinajstić information content (AvgIpc) is 2.97. The van der Waals surface area contributed by atoms with Gasteiger partial charge in [-0.05, 0) is 36.5 Å². The smallest absolute Gasteiger partial charge is 0.0178 e. The van der Waals surface area contributed by atoms with Gasteiger partial charge in [0.15, 0.2) is 0 Å². The van der Waals surface area contributed by atoms with E-state index in [4.69, 9.17) is 0 Å². The lowest BCUT2D eigenvalue weighted by Gasteiger charge is -2.12. The molecule has 2 rings (SSSR count). The van der Waals surface area contributed by atoms with Crippen LogP contribution in [0.4, 0.5) is 0 Å². The Balaban J connectivity index is 1.91. The predicted octanol–water partition coefficient (Wildman–Crippen LogP) is 3.30. The third-order valence-electron chi connectivity index (χ3n) is 2.71. The van der Waals surface area contributed by atoms with Crippen LogP contribution in [0.15, 0.2) is 28.7 Å². The summed E-state index contributed by atoms with van der Waals surface area (Å²) in [5.41, 5.74) is 1.41. The molecule has 0 aliphatic heterocycles. The Morgan fingerprint density at radius 3 is 2.93 bits per heavy atom. The van der Waals surface area contributed by atoms with Crippen molar-refractivity contribution in [3.05, 3.63) is 34.3 Å². The highest BCUT2D eigenvalue weighted by atomic mass is 79.9. The summed E-state index contributed by atoms with van der Waals surface area (Å²) in [7, 11) is 0. The Morgan fingerprint density at radius 2 is 2.29 bits per heavy atom. The van der Waals surface area contributed by atoms with Gasteiger partial charge in [0.05, 0.1) is 0 Å². The Bertz CT molecular complexity index is 307. The van der Waals surface area contributed by atoms with E-state index in [-0.39, 0.29) is 0 Å². The van der Waals surface area contributed by atoms with Gasteiger partial charge in [0.25, 0.3) is 0 Å². The first-order valence-electron chi connectivity index (χ1n) is 5.24. The van der Waals surface area contributed by atoms with E-state index in [1.165, 1.54) is 22.9 Å². The summed E-state index contributed by atoms with van der Waals surface area (Å²) in [4.78, 5) is 0. The van der Waals surface area contributed by atoms with Crippen molar-refractivity contribution in [1.29, 1.82) is 0 Å². The Morgan fingerprint density at radius 1 is 1.50 bits per heavy atom. The molecule has 1 aliphatic rings. The highest BCUT2D eigenvalue weighted by Gasteiger charge is 2.21. The van der Waals surface area contributed by atoms with Crippen molar-refractivity contribution in [1.82, 2.24) is 5.32 Å². The van der Waals surface area contributed by atoms with E-state index in [0.29, 0.717) is 5.92 Å². The molecule has 0 heterocycles. The van der Waals surface area contributed by atoms with Gasteiger partial charge in [-0.2, -0.15) is 0 Å². The molecule has 1 fully saturated rings. The van der Waals surface area contributed by atoms with Gasteiger partial charge in [0, 0.05) is 17.1 Å². The number of halogens is 1. The summed E-state index contributed by atoms with van der Waals surface area (Å²) in [6.45, 7) is 3.37. The van der Waals surface area contributed by atoms with Crippen LogP contribution in [0.2, 0.25) is 0 Å². The molecule has 0 aromatic heterocycles. The minimum atomic E-state index is 0.605. The third kappa shape index (κ3) is 2.82. The molecule has 1 saturated carbocycles. The van der Waals surface area contributed by atoms with E-state index >= 15 is 0 Å². The van der Waals surface area contributed by atoms with Crippen LogP contribution in [-0.4, -0.2) is 12.6 Å². The lowest BCUT2D eigenvalue weighted by atomic mass is 10.0. The Kier molecular flexibility index (Phi) is 3.24. The largest absolute Gasteiger partial charge is 0.313 e. The highest BCUT2D eigenvalue weighted by molar-refractivity contribution is 9.10. The van der Waals surface area contributed by atoms with Crippen molar-refractivity contribution in [3.8, 4) is 0 Å². The second kappa shape index (κ2) is 4.45. The number of rotatable bonds is 4. The maximum atomic E-state index is 3.56. The van der Waals surface area contributed by atoms with Crippen molar-refractivity contribution >= 4 is 15.9 Å². The molecular formula is C12H16BrN. The van der Waals surface area contributed by atoms with Crippen LogP contribution < -0.4 is 5.32 Å². The van der Waals surface area contributed by atoms with E-state index in [9.17, 15) is 0 Å². The van der Waals surface area contributed by atoms with Crippen LogP contribution in [0.5, 0.6) is 0 Å². The molecule has 0 amide bonds. The summed E-state index contributed by atoms with van der Waals surface area (Å²) in [5, 5.41) is 3.56. The van der Waals surface area contributed by atoms with Gasteiger partial charge in [-0.3, -0.25) is 0 Å². The number of benzene rings is 1. The fourth-order valence-corrected chi connectivity index (χ4v) is 1.98.